The van der Waals surface area contributed by atoms with Crippen molar-refractivity contribution >= 4 is 34.7 Å². The molecular formula is C19H25N7O3. The third-order valence-corrected chi connectivity index (χ3v) is 4.67. The molecule has 3 rings (SSSR count). The number of aromatic nitrogens is 2. The van der Waals surface area contributed by atoms with Gasteiger partial charge in [0.25, 0.3) is 5.69 Å². The standard InChI is InChI=1S/C19H25N7O3/c1-3-4-13-10-18(25-8-7-15(11-25)21-12(2)27)24-19(22-13)23-14-5-6-16(20)17(9-14)26(28)29/h5-6,9-10,15H,3-4,7-8,11,20H2,1-2H3,(H,21,27)(H,22,23,24). The van der Waals surface area contributed by atoms with Crippen LogP contribution in [0.3, 0.4) is 0 Å². The highest BCUT2D eigenvalue weighted by atomic mass is 16.6. The number of benzene rings is 1. The molecular weight excluding hydrogens is 374 g/mol. The normalized spacial score (nSPS) is 15.9. The zero-order valence-electron chi connectivity index (χ0n) is 16.5. The average molecular weight is 399 g/mol. The van der Waals surface area contributed by atoms with Gasteiger partial charge in [-0.1, -0.05) is 13.3 Å². The van der Waals surface area contributed by atoms with Gasteiger partial charge in [0.15, 0.2) is 0 Å². The summed E-state index contributed by atoms with van der Waals surface area (Å²) >= 11 is 0. The molecule has 0 bridgehead atoms. The third kappa shape index (κ3) is 5.09. The van der Waals surface area contributed by atoms with Crippen LogP contribution in [0.2, 0.25) is 0 Å². The lowest BCUT2D eigenvalue weighted by atomic mass is 10.2. The van der Waals surface area contributed by atoms with Gasteiger partial charge in [0, 0.05) is 49.6 Å². The number of nitrogens with zero attached hydrogens (tertiary/aromatic N) is 4. The second-order valence-corrected chi connectivity index (χ2v) is 7.08. The van der Waals surface area contributed by atoms with E-state index in [1.54, 1.807) is 6.07 Å². The Morgan fingerprint density at radius 1 is 1.38 bits per heavy atom. The van der Waals surface area contributed by atoms with Crippen molar-refractivity contribution in [2.45, 2.75) is 39.2 Å². The van der Waals surface area contributed by atoms with E-state index in [0.717, 1.165) is 37.3 Å². The Kier molecular flexibility index (Phi) is 6.10. The molecule has 1 aromatic heterocycles. The largest absolute Gasteiger partial charge is 0.393 e. The van der Waals surface area contributed by atoms with Crippen LogP contribution in [0.1, 0.15) is 32.4 Å². The van der Waals surface area contributed by atoms with Crippen LogP contribution in [0.5, 0.6) is 0 Å². The first-order chi connectivity index (χ1) is 13.9. The summed E-state index contributed by atoms with van der Waals surface area (Å²) in [5, 5.41) is 17.1. The number of aryl methyl sites for hydroxylation is 1. The smallest absolute Gasteiger partial charge is 0.294 e. The first-order valence-corrected chi connectivity index (χ1v) is 9.56. The van der Waals surface area contributed by atoms with Crippen LogP contribution in [-0.2, 0) is 11.2 Å². The maximum Gasteiger partial charge on any atom is 0.294 e. The minimum Gasteiger partial charge on any atom is -0.393 e. The number of nitro benzene ring substituents is 1. The van der Waals surface area contributed by atoms with Crippen LogP contribution in [-0.4, -0.2) is 39.9 Å². The first-order valence-electron chi connectivity index (χ1n) is 9.56. The molecule has 0 spiro atoms. The maximum atomic E-state index is 11.3. The van der Waals surface area contributed by atoms with Gasteiger partial charge in [0.05, 0.1) is 4.92 Å². The molecule has 1 unspecified atom stereocenters. The van der Waals surface area contributed by atoms with Gasteiger partial charge >= 0.3 is 0 Å². The highest BCUT2D eigenvalue weighted by molar-refractivity contribution is 5.73. The van der Waals surface area contributed by atoms with E-state index in [-0.39, 0.29) is 23.3 Å². The number of nitrogens with one attached hydrogen (secondary N) is 2. The number of carbonyl (C=O) groups is 1. The van der Waals surface area contributed by atoms with Gasteiger partial charge in [0.2, 0.25) is 11.9 Å². The van der Waals surface area contributed by atoms with Crippen LogP contribution in [0.15, 0.2) is 24.3 Å². The van der Waals surface area contributed by atoms with E-state index >= 15 is 0 Å². The summed E-state index contributed by atoms with van der Waals surface area (Å²) in [4.78, 5) is 33.2. The lowest BCUT2D eigenvalue weighted by Crippen LogP contribution is -2.35. The van der Waals surface area contributed by atoms with Crippen molar-refractivity contribution < 1.29 is 9.72 Å². The lowest BCUT2D eigenvalue weighted by molar-refractivity contribution is -0.383. The molecule has 0 radical (unpaired) electrons. The number of nitro groups is 1. The number of hydrogen-bond acceptors (Lipinski definition) is 8. The van der Waals surface area contributed by atoms with Crippen molar-refractivity contribution in [3.8, 4) is 0 Å². The van der Waals surface area contributed by atoms with Crippen LogP contribution in [0.4, 0.5) is 28.8 Å². The molecule has 1 aliphatic heterocycles. The number of carbonyl (C=O) groups excluding carboxylic acids is 1. The molecule has 2 heterocycles. The van der Waals surface area contributed by atoms with Crippen LogP contribution >= 0.6 is 0 Å². The Morgan fingerprint density at radius 2 is 2.17 bits per heavy atom. The molecule has 1 amide bonds. The number of rotatable bonds is 7. The summed E-state index contributed by atoms with van der Waals surface area (Å²) in [5.41, 5.74) is 6.97. The van der Waals surface area contributed by atoms with E-state index in [1.807, 2.05) is 6.07 Å². The molecule has 10 nitrogen and oxygen atoms in total. The fourth-order valence-corrected chi connectivity index (χ4v) is 3.37. The lowest BCUT2D eigenvalue weighted by Gasteiger charge is -2.19. The molecule has 1 aliphatic rings. The highest BCUT2D eigenvalue weighted by Gasteiger charge is 2.25. The highest BCUT2D eigenvalue weighted by Crippen LogP contribution is 2.27. The average Bonchev–Trinajstić information content (AvgIpc) is 3.11. The zero-order chi connectivity index (χ0) is 21.0. The van der Waals surface area contributed by atoms with Gasteiger partial charge in [-0.3, -0.25) is 14.9 Å². The van der Waals surface area contributed by atoms with Gasteiger partial charge in [0.1, 0.15) is 11.5 Å². The molecule has 0 aliphatic carbocycles. The topological polar surface area (TPSA) is 139 Å². The van der Waals surface area contributed by atoms with Gasteiger partial charge in [-0.05, 0) is 25.0 Å². The summed E-state index contributed by atoms with van der Waals surface area (Å²) in [7, 11) is 0. The molecule has 4 N–H and O–H groups in total. The van der Waals surface area contributed by atoms with Crippen molar-refractivity contribution in [1.29, 1.82) is 0 Å². The van der Waals surface area contributed by atoms with Crippen molar-refractivity contribution in [2.75, 3.05) is 29.0 Å². The summed E-state index contributed by atoms with van der Waals surface area (Å²) in [6, 6.07) is 6.55. The molecule has 2 aromatic rings. The number of hydrogen-bond donors (Lipinski definition) is 3. The second-order valence-electron chi connectivity index (χ2n) is 7.08. The van der Waals surface area contributed by atoms with E-state index in [2.05, 4.69) is 32.4 Å². The number of amides is 1. The van der Waals surface area contributed by atoms with Crippen molar-refractivity contribution in [3.05, 3.63) is 40.1 Å². The third-order valence-electron chi connectivity index (χ3n) is 4.67. The van der Waals surface area contributed by atoms with Crippen molar-refractivity contribution in [1.82, 2.24) is 15.3 Å². The molecule has 29 heavy (non-hydrogen) atoms. The minimum atomic E-state index is -0.521. The molecule has 10 heteroatoms. The van der Waals surface area contributed by atoms with Crippen LogP contribution in [0, 0.1) is 10.1 Å². The van der Waals surface area contributed by atoms with Crippen molar-refractivity contribution in [2.24, 2.45) is 0 Å². The summed E-state index contributed by atoms with van der Waals surface area (Å²) in [5.74, 6) is 1.09. The quantitative estimate of drug-likeness (QED) is 0.366. The molecule has 1 fully saturated rings. The fraction of sp³-hybridized carbons (Fsp3) is 0.421. The van der Waals surface area contributed by atoms with E-state index < -0.39 is 4.92 Å². The number of nitrogens with two attached hydrogens (primary N) is 1. The van der Waals surface area contributed by atoms with Crippen LogP contribution in [0.25, 0.3) is 0 Å². The maximum absolute atomic E-state index is 11.3. The Balaban J connectivity index is 1.85. The minimum absolute atomic E-state index is 0.0430. The Morgan fingerprint density at radius 3 is 2.86 bits per heavy atom. The predicted molar refractivity (Wildman–Crippen MR) is 111 cm³/mol. The van der Waals surface area contributed by atoms with Gasteiger partial charge in [-0.2, -0.15) is 4.98 Å². The number of anilines is 4. The van der Waals surface area contributed by atoms with Crippen molar-refractivity contribution in [3.63, 3.8) is 0 Å². The van der Waals surface area contributed by atoms with E-state index in [1.165, 1.54) is 19.1 Å². The van der Waals surface area contributed by atoms with E-state index in [4.69, 9.17) is 5.73 Å². The van der Waals surface area contributed by atoms with Crippen LogP contribution < -0.4 is 21.3 Å². The number of nitrogen functional groups attached to an aromatic ring is 1. The Hall–Kier alpha value is -3.43. The van der Waals surface area contributed by atoms with E-state index in [0.29, 0.717) is 18.2 Å². The van der Waals surface area contributed by atoms with Gasteiger partial charge < -0.3 is 21.3 Å². The molecule has 1 saturated heterocycles. The zero-order valence-corrected chi connectivity index (χ0v) is 16.5. The summed E-state index contributed by atoms with van der Waals surface area (Å²) in [6.07, 6.45) is 2.56. The van der Waals surface area contributed by atoms with Gasteiger partial charge in [-0.25, -0.2) is 4.98 Å². The first kappa shape index (κ1) is 20.3. The monoisotopic (exact) mass is 399 g/mol. The Labute approximate surface area is 168 Å². The summed E-state index contributed by atoms with van der Waals surface area (Å²) in [6.45, 7) is 5.04. The molecule has 0 saturated carbocycles. The molecule has 1 atom stereocenters. The van der Waals surface area contributed by atoms with Gasteiger partial charge in [-0.15, -0.1) is 0 Å². The SMILES string of the molecule is CCCc1cc(N2CCC(NC(C)=O)C2)nc(Nc2ccc(N)c([N+](=O)[O-])c2)n1. The summed E-state index contributed by atoms with van der Waals surface area (Å²) < 4.78 is 0. The Bertz CT molecular complexity index is 919. The second kappa shape index (κ2) is 8.72. The molecule has 1 aromatic carbocycles. The predicted octanol–water partition coefficient (Wildman–Crippen LogP) is 2.38. The van der Waals surface area contributed by atoms with E-state index in [9.17, 15) is 14.9 Å². The molecule has 154 valence electrons. The fourth-order valence-electron chi connectivity index (χ4n) is 3.37.